The molecule has 4 N–H and O–H groups in total. The first-order valence-electron chi connectivity index (χ1n) is 6.31. The van der Waals surface area contributed by atoms with Gasteiger partial charge in [-0.25, -0.2) is 5.84 Å². The van der Waals surface area contributed by atoms with Crippen LogP contribution in [-0.4, -0.2) is 45.8 Å². The molecule has 0 bridgehead atoms. The Bertz CT molecular complexity index is 439. The lowest BCUT2D eigenvalue weighted by atomic mass is 10.5. The molecule has 1 heterocycles. The van der Waals surface area contributed by atoms with Crippen molar-refractivity contribution in [2.75, 3.05) is 41.0 Å². The number of rotatable bonds is 8. The Balaban J connectivity index is 2.70. The van der Waals surface area contributed by atoms with Gasteiger partial charge in [-0.15, -0.1) is 0 Å². The lowest BCUT2D eigenvalue weighted by Gasteiger charge is -2.19. The van der Waals surface area contributed by atoms with Crippen LogP contribution in [0.25, 0.3) is 0 Å². The first-order valence-corrected chi connectivity index (χ1v) is 7.30. The fourth-order valence-corrected chi connectivity index (χ4v) is 1.92. The van der Waals surface area contributed by atoms with Gasteiger partial charge in [0.05, 0.1) is 0 Å². The van der Waals surface area contributed by atoms with E-state index in [-0.39, 0.29) is 36.0 Å². The Hall–Kier alpha value is -1.49. The lowest BCUT2D eigenvalue weighted by Crippen LogP contribution is -2.26. The molecule has 1 rings (SSSR count). The van der Waals surface area contributed by atoms with Crippen molar-refractivity contribution in [3.63, 3.8) is 0 Å². The first-order chi connectivity index (χ1) is 9.89. The summed E-state index contributed by atoms with van der Waals surface area (Å²) in [6.07, 6.45) is 0. The van der Waals surface area contributed by atoms with Crippen LogP contribution >= 0.6 is 11.8 Å². The number of nitrogens with zero attached hydrogens (tertiary/aromatic N) is 4. The first kappa shape index (κ1) is 17.6. The van der Waals surface area contributed by atoms with Crippen LogP contribution in [-0.2, 0) is 0 Å². The number of hydrogen-bond acceptors (Lipinski definition) is 8. The van der Waals surface area contributed by atoms with Crippen molar-refractivity contribution < 1.29 is 13.2 Å². The summed E-state index contributed by atoms with van der Waals surface area (Å²) < 4.78 is 36.1. The standard InChI is InChI=1S/C10H18F3N7S/c1-3-20(4-2)9-17-7(16-8(18-9)19-14)15-5-6-21-10(11,12)13/h3-6,14H2,1-2H3,(H2,15,16,17,18,19). The molecule has 0 aromatic carbocycles. The van der Waals surface area contributed by atoms with Crippen LogP contribution in [0.2, 0.25) is 0 Å². The molecule has 21 heavy (non-hydrogen) atoms. The van der Waals surface area contributed by atoms with Gasteiger partial charge in [0.25, 0.3) is 0 Å². The quantitative estimate of drug-likeness (QED) is 0.378. The number of halogens is 3. The Kier molecular flexibility index (Phi) is 6.75. The van der Waals surface area contributed by atoms with Gasteiger partial charge in [0, 0.05) is 25.4 Å². The molecule has 0 spiro atoms. The van der Waals surface area contributed by atoms with Gasteiger partial charge in [-0.1, -0.05) is 0 Å². The van der Waals surface area contributed by atoms with E-state index in [1.807, 2.05) is 18.7 Å². The van der Waals surface area contributed by atoms with Gasteiger partial charge in [-0.2, -0.15) is 28.1 Å². The van der Waals surface area contributed by atoms with Crippen molar-refractivity contribution in [1.29, 1.82) is 0 Å². The largest absolute Gasteiger partial charge is 0.441 e. The maximum absolute atomic E-state index is 12.0. The summed E-state index contributed by atoms with van der Waals surface area (Å²) in [7, 11) is 0. The zero-order valence-corrected chi connectivity index (χ0v) is 12.6. The van der Waals surface area contributed by atoms with Gasteiger partial charge in [-0.3, -0.25) is 5.43 Å². The minimum Gasteiger partial charge on any atom is -0.353 e. The van der Waals surface area contributed by atoms with Crippen molar-refractivity contribution in [2.24, 2.45) is 5.84 Å². The molecule has 1 aromatic heterocycles. The Morgan fingerprint density at radius 1 is 1.14 bits per heavy atom. The second kappa shape index (κ2) is 8.08. The van der Waals surface area contributed by atoms with Crippen LogP contribution in [0.3, 0.4) is 0 Å². The number of nitrogen functional groups attached to an aromatic ring is 1. The van der Waals surface area contributed by atoms with Gasteiger partial charge >= 0.3 is 5.51 Å². The van der Waals surface area contributed by atoms with Gasteiger partial charge in [0.2, 0.25) is 17.8 Å². The molecule has 0 unspecified atom stereocenters. The second-order valence-electron chi connectivity index (χ2n) is 3.82. The second-order valence-corrected chi connectivity index (χ2v) is 4.98. The van der Waals surface area contributed by atoms with E-state index in [9.17, 15) is 13.2 Å². The van der Waals surface area contributed by atoms with E-state index in [4.69, 9.17) is 5.84 Å². The Labute approximate surface area is 124 Å². The third kappa shape index (κ3) is 6.21. The average molecular weight is 325 g/mol. The molecule has 1 aromatic rings. The van der Waals surface area contributed by atoms with E-state index >= 15 is 0 Å². The van der Waals surface area contributed by atoms with Crippen molar-refractivity contribution in [3.05, 3.63) is 0 Å². The number of hydrogen-bond donors (Lipinski definition) is 3. The number of thioether (sulfide) groups is 1. The highest BCUT2D eigenvalue weighted by molar-refractivity contribution is 8.00. The van der Waals surface area contributed by atoms with Crippen LogP contribution in [0, 0.1) is 0 Å². The highest BCUT2D eigenvalue weighted by Crippen LogP contribution is 2.29. The highest BCUT2D eigenvalue weighted by atomic mass is 32.2. The Morgan fingerprint density at radius 3 is 2.29 bits per heavy atom. The van der Waals surface area contributed by atoms with Gasteiger partial charge < -0.3 is 10.2 Å². The number of nitrogens with two attached hydrogens (primary N) is 1. The number of hydrazine groups is 1. The molecule has 11 heteroatoms. The van der Waals surface area contributed by atoms with Crippen molar-refractivity contribution in [1.82, 2.24) is 15.0 Å². The van der Waals surface area contributed by atoms with E-state index in [1.165, 1.54) is 0 Å². The monoisotopic (exact) mass is 325 g/mol. The molecule has 0 radical (unpaired) electrons. The Morgan fingerprint density at radius 2 is 1.76 bits per heavy atom. The van der Waals surface area contributed by atoms with Crippen LogP contribution in [0.4, 0.5) is 31.0 Å². The summed E-state index contributed by atoms with van der Waals surface area (Å²) >= 11 is -0.102. The van der Waals surface area contributed by atoms with E-state index in [0.717, 1.165) is 0 Å². The van der Waals surface area contributed by atoms with Gasteiger partial charge in [0.1, 0.15) is 0 Å². The molecule has 0 saturated heterocycles. The van der Waals surface area contributed by atoms with Crippen LogP contribution in [0.15, 0.2) is 0 Å². The van der Waals surface area contributed by atoms with Gasteiger partial charge in [0.15, 0.2) is 0 Å². The van der Waals surface area contributed by atoms with Crippen LogP contribution < -0.4 is 21.5 Å². The lowest BCUT2D eigenvalue weighted by molar-refractivity contribution is -0.0327. The smallest absolute Gasteiger partial charge is 0.353 e. The summed E-state index contributed by atoms with van der Waals surface area (Å²) in [4.78, 5) is 14.1. The predicted molar refractivity (Wildman–Crippen MR) is 78.2 cm³/mol. The minimum atomic E-state index is -4.24. The van der Waals surface area contributed by atoms with E-state index in [2.05, 4.69) is 25.7 Å². The summed E-state index contributed by atoms with van der Waals surface area (Å²) in [6, 6.07) is 0. The van der Waals surface area contributed by atoms with Crippen LogP contribution in [0.1, 0.15) is 13.8 Å². The molecule has 0 fully saturated rings. The van der Waals surface area contributed by atoms with Crippen molar-refractivity contribution >= 4 is 29.6 Å². The number of anilines is 3. The third-order valence-electron chi connectivity index (χ3n) is 2.45. The molecule has 0 atom stereocenters. The zero-order valence-electron chi connectivity index (χ0n) is 11.7. The SMILES string of the molecule is CCN(CC)c1nc(NN)nc(NCCSC(F)(F)F)n1. The molecule has 0 aliphatic carbocycles. The van der Waals surface area contributed by atoms with Gasteiger partial charge in [-0.05, 0) is 25.6 Å². The highest BCUT2D eigenvalue weighted by Gasteiger charge is 2.27. The summed E-state index contributed by atoms with van der Waals surface area (Å²) in [5.74, 6) is 5.89. The molecule has 0 aliphatic heterocycles. The van der Waals surface area contributed by atoms with E-state index < -0.39 is 5.51 Å². The topological polar surface area (TPSA) is 92.0 Å². The van der Waals surface area contributed by atoms with Crippen molar-refractivity contribution in [3.8, 4) is 0 Å². The molecule has 0 amide bonds. The molecule has 0 saturated carbocycles. The number of nitrogens with one attached hydrogen (secondary N) is 2. The molecular formula is C10H18F3N7S. The van der Waals surface area contributed by atoms with Crippen LogP contribution in [0.5, 0.6) is 0 Å². The molecular weight excluding hydrogens is 307 g/mol. The fourth-order valence-electron chi connectivity index (χ4n) is 1.49. The number of alkyl halides is 3. The summed E-state index contributed by atoms with van der Waals surface area (Å²) in [5, 5.41) is 2.73. The van der Waals surface area contributed by atoms with Crippen molar-refractivity contribution in [2.45, 2.75) is 19.4 Å². The zero-order chi connectivity index (χ0) is 15.9. The summed E-state index contributed by atoms with van der Waals surface area (Å²) in [5.41, 5.74) is -1.93. The molecule has 7 nitrogen and oxygen atoms in total. The maximum atomic E-state index is 12.0. The predicted octanol–water partition coefficient (Wildman–Crippen LogP) is 1.67. The number of aromatic nitrogens is 3. The third-order valence-corrected chi connectivity index (χ3v) is 3.19. The fraction of sp³-hybridized carbons (Fsp3) is 0.700. The minimum absolute atomic E-state index is 0.0793. The van der Waals surface area contributed by atoms with E-state index in [1.54, 1.807) is 0 Å². The maximum Gasteiger partial charge on any atom is 0.441 e. The molecule has 0 aliphatic rings. The summed E-state index contributed by atoms with van der Waals surface area (Å²) in [6.45, 7) is 5.34. The van der Waals surface area contributed by atoms with E-state index in [0.29, 0.717) is 19.0 Å². The molecule has 120 valence electrons. The average Bonchev–Trinajstić information content (AvgIpc) is 2.44. The normalized spacial score (nSPS) is 11.3.